The number of methoxy groups -OCH3 is 2. The molecule has 1 N–H and O–H groups in total. The maximum Gasteiger partial charge on any atom is 0.300 e. The molecule has 34 heavy (non-hydrogen) atoms. The number of ketones is 1. The van der Waals surface area contributed by atoms with E-state index in [1.165, 1.54) is 38.5 Å². The Balaban J connectivity index is 2.02. The van der Waals surface area contributed by atoms with E-state index in [0.29, 0.717) is 22.6 Å². The molecule has 172 valence electrons. The third-order valence-electron chi connectivity index (χ3n) is 5.54. The monoisotopic (exact) mass is 460 g/mol. The van der Waals surface area contributed by atoms with E-state index in [2.05, 4.69) is 0 Å². The van der Waals surface area contributed by atoms with E-state index in [1.807, 2.05) is 0 Å². The second-order valence-corrected chi connectivity index (χ2v) is 7.42. The van der Waals surface area contributed by atoms with Crippen molar-refractivity contribution in [1.29, 1.82) is 0 Å². The van der Waals surface area contributed by atoms with Crippen molar-refractivity contribution in [3.8, 4) is 11.5 Å². The minimum Gasteiger partial charge on any atom is -0.507 e. The molecule has 3 aromatic carbocycles. The highest BCUT2D eigenvalue weighted by molar-refractivity contribution is 6.51. The number of ether oxygens (including phenoxy) is 2. The van der Waals surface area contributed by atoms with Crippen LogP contribution in [-0.2, 0) is 9.59 Å². The van der Waals surface area contributed by atoms with Crippen molar-refractivity contribution in [2.75, 3.05) is 19.1 Å². The number of aliphatic hydroxyl groups excluding tert-OH is 1. The summed E-state index contributed by atoms with van der Waals surface area (Å²) < 4.78 is 10.8. The summed E-state index contributed by atoms with van der Waals surface area (Å²) in [5, 5.41) is 22.5. The van der Waals surface area contributed by atoms with Crippen LogP contribution in [0.4, 0.5) is 11.4 Å². The minimum absolute atomic E-state index is 0.123. The number of hydrogen-bond acceptors (Lipinski definition) is 7. The van der Waals surface area contributed by atoms with E-state index in [-0.39, 0.29) is 22.7 Å². The number of rotatable bonds is 6. The van der Waals surface area contributed by atoms with Gasteiger partial charge in [-0.1, -0.05) is 36.4 Å². The number of amides is 1. The van der Waals surface area contributed by atoms with Crippen LogP contribution in [0.1, 0.15) is 17.2 Å². The summed E-state index contributed by atoms with van der Waals surface area (Å²) in [6.45, 7) is 0. The minimum atomic E-state index is -1.13. The Morgan fingerprint density at radius 1 is 0.971 bits per heavy atom. The van der Waals surface area contributed by atoms with Gasteiger partial charge in [-0.25, -0.2) is 0 Å². The summed E-state index contributed by atoms with van der Waals surface area (Å²) in [7, 11) is 2.90. The highest BCUT2D eigenvalue weighted by Crippen LogP contribution is 2.46. The number of nitrogens with zero attached hydrogens (tertiary/aromatic N) is 2. The van der Waals surface area contributed by atoms with Crippen LogP contribution in [0.2, 0.25) is 0 Å². The van der Waals surface area contributed by atoms with Gasteiger partial charge < -0.3 is 14.6 Å². The molecule has 0 aliphatic carbocycles. The van der Waals surface area contributed by atoms with Gasteiger partial charge in [-0.3, -0.25) is 24.6 Å². The van der Waals surface area contributed by atoms with Crippen LogP contribution in [0, 0.1) is 10.1 Å². The Kier molecular flexibility index (Phi) is 6.01. The van der Waals surface area contributed by atoms with Gasteiger partial charge in [0, 0.05) is 23.3 Å². The van der Waals surface area contributed by atoms with E-state index in [0.717, 1.165) is 4.90 Å². The lowest BCUT2D eigenvalue weighted by Crippen LogP contribution is -2.29. The molecule has 1 atom stereocenters. The average Bonchev–Trinajstić information content (AvgIpc) is 3.13. The highest BCUT2D eigenvalue weighted by Gasteiger charge is 2.48. The van der Waals surface area contributed by atoms with Crippen molar-refractivity contribution in [2.24, 2.45) is 0 Å². The molecule has 0 aromatic heterocycles. The summed E-state index contributed by atoms with van der Waals surface area (Å²) in [6, 6.07) is 17.5. The number of benzene rings is 3. The molecule has 0 bridgehead atoms. The Labute approximate surface area is 194 Å². The lowest BCUT2D eigenvalue weighted by atomic mass is 9.94. The first-order valence-corrected chi connectivity index (χ1v) is 10.2. The van der Waals surface area contributed by atoms with Crippen molar-refractivity contribution in [2.45, 2.75) is 6.04 Å². The van der Waals surface area contributed by atoms with Crippen LogP contribution in [0.15, 0.2) is 78.4 Å². The van der Waals surface area contributed by atoms with E-state index in [9.17, 15) is 24.8 Å². The summed E-state index contributed by atoms with van der Waals surface area (Å²) >= 11 is 0. The summed E-state index contributed by atoms with van der Waals surface area (Å²) in [6.07, 6.45) is 0. The summed E-state index contributed by atoms with van der Waals surface area (Å²) in [4.78, 5) is 38.4. The molecule has 0 saturated carbocycles. The van der Waals surface area contributed by atoms with E-state index < -0.39 is 22.7 Å². The van der Waals surface area contributed by atoms with Crippen LogP contribution in [0.5, 0.6) is 11.5 Å². The van der Waals surface area contributed by atoms with Gasteiger partial charge in [0.25, 0.3) is 17.4 Å². The SMILES string of the molecule is COc1ccc(OC)c([C@H]2C(=C(O)c3ccccc3)C(=O)C(=O)N2c2cccc([N+](=O)[O-])c2)c1. The Morgan fingerprint density at radius 2 is 1.71 bits per heavy atom. The molecular weight excluding hydrogens is 440 g/mol. The van der Waals surface area contributed by atoms with Gasteiger partial charge in [-0.2, -0.15) is 0 Å². The number of nitro groups is 1. The third kappa shape index (κ3) is 3.83. The molecule has 9 heteroatoms. The van der Waals surface area contributed by atoms with Crippen LogP contribution in [0.3, 0.4) is 0 Å². The molecule has 1 aliphatic rings. The number of anilines is 1. The van der Waals surface area contributed by atoms with E-state index >= 15 is 0 Å². The molecule has 1 heterocycles. The lowest BCUT2D eigenvalue weighted by Gasteiger charge is -2.27. The van der Waals surface area contributed by atoms with Gasteiger partial charge >= 0.3 is 0 Å². The van der Waals surface area contributed by atoms with Crippen LogP contribution >= 0.6 is 0 Å². The highest BCUT2D eigenvalue weighted by atomic mass is 16.6. The molecule has 4 rings (SSSR count). The zero-order valence-corrected chi connectivity index (χ0v) is 18.3. The van der Waals surface area contributed by atoms with Crippen molar-refractivity contribution < 1.29 is 29.1 Å². The molecule has 0 unspecified atom stereocenters. The van der Waals surface area contributed by atoms with Gasteiger partial charge in [-0.05, 0) is 24.3 Å². The van der Waals surface area contributed by atoms with Crippen molar-refractivity contribution >= 4 is 28.8 Å². The Hall–Kier alpha value is -4.66. The topological polar surface area (TPSA) is 119 Å². The largest absolute Gasteiger partial charge is 0.507 e. The number of carbonyl (C=O) groups excluding carboxylic acids is 2. The zero-order chi connectivity index (χ0) is 24.4. The number of hydrogen-bond donors (Lipinski definition) is 1. The molecule has 1 saturated heterocycles. The van der Waals surface area contributed by atoms with E-state index in [4.69, 9.17) is 9.47 Å². The van der Waals surface area contributed by atoms with E-state index in [1.54, 1.807) is 48.5 Å². The Morgan fingerprint density at radius 3 is 2.35 bits per heavy atom. The Bertz CT molecular complexity index is 1320. The van der Waals surface area contributed by atoms with Gasteiger partial charge in [-0.15, -0.1) is 0 Å². The maximum absolute atomic E-state index is 13.3. The molecular formula is C25H20N2O7. The van der Waals surface area contributed by atoms with Gasteiger partial charge in [0.1, 0.15) is 17.3 Å². The molecule has 1 fully saturated rings. The number of carbonyl (C=O) groups is 2. The fraction of sp³-hybridized carbons (Fsp3) is 0.120. The van der Waals surface area contributed by atoms with Gasteiger partial charge in [0.2, 0.25) is 0 Å². The first kappa shape index (κ1) is 22.5. The average molecular weight is 460 g/mol. The van der Waals surface area contributed by atoms with Crippen LogP contribution < -0.4 is 14.4 Å². The normalized spacial score (nSPS) is 17.0. The molecule has 3 aromatic rings. The standard InChI is InChI=1S/C25H20N2O7/c1-33-18-11-12-20(34-2)19(14-18)22-21(23(28)15-7-4-3-5-8-15)24(29)25(30)26(22)16-9-6-10-17(13-16)27(31)32/h3-14,22,28H,1-2H3/t22-/m0/s1. The molecule has 1 amide bonds. The predicted octanol–water partition coefficient (Wildman–Crippen LogP) is 4.24. The fourth-order valence-corrected chi connectivity index (χ4v) is 3.95. The molecule has 0 spiro atoms. The van der Waals surface area contributed by atoms with Crippen molar-refractivity contribution in [3.63, 3.8) is 0 Å². The molecule has 9 nitrogen and oxygen atoms in total. The maximum atomic E-state index is 13.3. The third-order valence-corrected chi connectivity index (χ3v) is 5.54. The number of Topliss-reactive ketones (excluding diaryl/α,β-unsaturated/α-hetero) is 1. The summed E-state index contributed by atoms with van der Waals surface area (Å²) in [5.41, 5.74) is 0.405. The van der Waals surface area contributed by atoms with Crippen molar-refractivity contribution in [3.05, 3.63) is 99.6 Å². The smallest absolute Gasteiger partial charge is 0.300 e. The number of aliphatic hydroxyl groups is 1. The molecule has 1 aliphatic heterocycles. The number of nitro benzene ring substituents is 1. The van der Waals surface area contributed by atoms with Gasteiger partial charge in [0.05, 0.1) is 36.4 Å². The van der Waals surface area contributed by atoms with Crippen LogP contribution in [-0.4, -0.2) is 35.9 Å². The van der Waals surface area contributed by atoms with Crippen molar-refractivity contribution in [1.82, 2.24) is 0 Å². The first-order valence-electron chi connectivity index (χ1n) is 10.2. The number of non-ortho nitro benzene ring substituents is 1. The molecule has 0 radical (unpaired) electrons. The van der Waals surface area contributed by atoms with Gasteiger partial charge in [0.15, 0.2) is 0 Å². The predicted molar refractivity (Wildman–Crippen MR) is 124 cm³/mol. The van der Waals surface area contributed by atoms with Crippen LogP contribution in [0.25, 0.3) is 5.76 Å². The fourth-order valence-electron chi connectivity index (χ4n) is 3.95. The second kappa shape index (κ2) is 9.07. The first-order chi connectivity index (χ1) is 16.4. The lowest BCUT2D eigenvalue weighted by molar-refractivity contribution is -0.384. The quantitative estimate of drug-likeness (QED) is 0.192. The summed E-state index contributed by atoms with van der Waals surface area (Å²) in [5.74, 6) is -1.47. The second-order valence-electron chi connectivity index (χ2n) is 7.42. The zero-order valence-electron chi connectivity index (χ0n) is 18.3.